The number of hydrogen-bond donors (Lipinski definition) is 12. The summed E-state index contributed by atoms with van der Waals surface area (Å²) < 4.78 is 34.6. The second-order valence-electron chi connectivity index (χ2n) is 30.7. The normalized spacial score (nSPS) is 26.3. The Hall–Kier alpha value is -1.47. The van der Waals surface area contributed by atoms with Gasteiger partial charge >= 0.3 is 0 Å². The molecule has 1 amide bonds. The molecule has 3 aliphatic heterocycles. The van der Waals surface area contributed by atoms with Crippen LogP contribution in [-0.2, 0) is 33.2 Å². The van der Waals surface area contributed by atoms with Gasteiger partial charge in [-0.25, -0.2) is 0 Å². The fraction of sp³-hybridized carbons (Fsp3) is 0.963. The SMILES string of the molecule is CCCCCCCCCC/C=C\CCCCCCCCCCCCCCCCCCCCCC(=O)NC(COC1OC(CO)C(OC2OC(CO)C(OC3OC(CO)C(O)C(O)C3O)C(O)C2O)C(O)C1O)C(O)CCCCCCCCCCCCCCCCCCCCCCCCCCC. The first kappa shape index (κ1) is 93.7. The molecule has 3 aliphatic rings. The molecule has 0 aromatic carbocycles. The number of rotatable bonds is 69. The number of carbonyl (C=O) groups excluding carboxylic acids is 1. The molecule has 0 aromatic heterocycles. The predicted molar refractivity (Wildman–Crippen MR) is 402 cm³/mol. The van der Waals surface area contributed by atoms with Crippen LogP contribution in [0.4, 0.5) is 0 Å². The molecule has 0 aliphatic carbocycles. The molecule has 17 unspecified atom stereocenters. The second-order valence-corrected chi connectivity index (χ2v) is 30.7. The van der Waals surface area contributed by atoms with E-state index in [1.54, 1.807) is 0 Å². The molecular formula is C82H157NO18. The smallest absolute Gasteiger partial charge is 0.220 e. The van der Waals surface area contributed by atoms with Crippen molar-refractivity contribution in [1.82, 2.24) is 5.32 Å². The lowest BCUT2D eigenvalue weighted by molar-refractivity contribution is -0.379. The Balaban J connectivity index is 1.34. The molecule has 101 heavy (non-hydrogen) atoms. The zero-order chi connectivity index (χ0) is 73.2. The molecule has 12 N–H and O–H groups in total. The number of nitrogens with one attached hydrogen (secondary N) is 1. The van der Waals surface area contributed by atoms with Crippen molar-refractivity contribution in [3.63, 3.8) is 0 Å². The lowest BCUT2D eigenvalue weighted by atomic mass is 9.96. The van der Waals surface area contributed by atoms with E-state index in [4.69, 9.17) is 28.4 Å². The van der Waals surface area contributed by atoms with Gasteiger partial charge in [0.25, 0.3) is 0 Å². The van der Waals surface area contributed by atoms with Crippen LogP contribution in [0.15, 0.2) is 12.2 Å². The van der Waals surface area contributed by atoms with Gasteiger partial charge < -0.3 is 89.9 Å². The summed E-state index contributed by atoms with van der Waals surface area (Å²) in [5.74, 6) is -0.233. The van der Waals surface area contributed by atoms with Gasteiger partial charge in [0.1, 0.15) is 73.2 Å². The van der Waals surface area contributed by atoms with Crippen molar-refractivity contribution >= 4 is 5.91 Å². The van der Waals surface area contributed by atoms with Crippen LogP contribution in [0.1, 0.15) is 373 Å². The largest absolute Gasteiger partial charge is 0.394 e. The van der Waals surface area contributed by atoms with Crippen molar-refractivity contribution in [2.75, 3.05) is 26.4 Å². The Kier molecular flexibility index (Phi) is 58.9. The Labute approximate surface area is 614 Å². The summed E-state index contributed by atoms with van der Waals surface area (Å²) in [6, 6.07) is -0.885. The third-order valence-corrected chi connectivity index (χ3v) is 21.6. The Morgan fingerprint density at radius 2 is 0.624 bits per heavy atom. The van der Waals surface area contributed by atoms with E-state index >= 15 is 0 Å². The average molecular weight is 1450 g/mol. The summed E-state index contributed by atoms with van der Waals surface area (Å²) in [4.78, 5) is 13.5. The van der Waals surface area contributed by atoms with E-state index < -0.39 is 124 Å². The Bertz CT molecular complexity index is 1870. The summed E-state index contributed by atoms with van der Waals surface area (Å²) in [6.45, 7) is 1.87. The highest BCUT2D eigenvalue weighted by molar-refractivity contribution is 5.76. The molecule has 0 bridgehead atoms. The zero-order valence-electron chi connectivity index (χ0n) is 64.2. The summed E-state index contributed by atoms with van der Waals surface area (Å²) in [6.07, 6.45) is 48.8. The Morgan fingerprint density at radius 1 is 0.347 bits per heavy atom. The fourth-order valence-electron chi connectivity index (χ4n) is 14.8. The molecule has 0 spiro atoms. The van der Waals surface area contributed by atoms with Crippen LogP contribution in [0.5, 0.6) is 0 Å². The number of hydrogen-bond acceptors (Lipinski definition) is 18. The molecule has 3 rings (SSSR count). The molecule has 17 atom stereocenters. The Morgan fingerprint density at radius 3 is 0.960 bits per heavy atom. The predicted octanol–water partition coefficient (Wildman–Crippen LogP) is 14.7. The van der Waals surface area contributed by atoms with Crippen molar-refractivity contribution < 1.29 is 89.4 Å². The van der Waals surface area contributed by atoms with Gasteiger partial charge in [0, 0.05) is 6.42 Å². The lowest BCUT2D eigenvalue weighted by Gasteiger charge is -2.48. The standard InChI is InChI=1S/C82H157NO18/c1-3-5-7-9-11-13-15-17-19-21-23-25-27-29-30-31-32-33-34-36-38-40-42-44-46-48-50-52-54-56-58-60-70(88)83-65(66(87)59-57-55-53-51-49-47-45-43-41-39-37-35-28-26-24-22-20-18-16-14-12-10-8-6-4-2)64-96-80-76(94)73(91)78(68(62-85)98-80)101-82-77(95)74(92)79(69(63-86)99-82)100-81-75(93)72(90)71(89)67(61-84)97-81/h21,23,65-69,71-82,84-87,89-95H,3-20,22,24-64H2,1-2H3,(H,83,88)/b23-21-. The molecule has 0 aromatic rings. The van der Waals surface area contributed by atoms with Crippen molar-refractivity contribution in [2.45, 2.75) is 478 Å². The van der Waals surface area contributed by atoms with Crippen LogP contribution in [0.25, 0.3) is 0 Å². The van der Waals surface area contributed by atoms with Crippen molar-refractivity contribution in [2.24, 2.45) is 0 Å². The monoisotopic (exact) mass is 1440 g/mol. The van der Waals surface area contributed by atoms with E-state index in [1.165, 1.54) is 295 Å². The van der Waals surface area contributed by atoms with Gasteiger partial charge in [-0.2, -0.15) is 0 Å². The maximum atomic E-state index is 13.5. The van der Waals surface area contributed by atoms with Gasteiger partial charge in [-0.15, -0.1) is 0 Å². The molecule has 0 saturated carbocycles. The van der Waals surface area contributed by atoms with Gasteiger partial charge in [0.15, 0.2) is 18.9 Å². The van der Waals surface area contributed by atoms with Crippen LogP contribution in [0.3, 0.4) is 0 Å². The van der Waals surface area contributed by atoms with E-state index in [0.29, 0.717) is 12.8 Å². The van der Waals surface area contributed by atoms with Crippen molar-refractivity contribution in [3.8, 4) is 0 Å². The molecular weight excluding hydrogens is 1290 g/mol. The minimum Gasteiger partial charge on any atom is -0.394 e. The summed E-state index contributed by atoms with van der Waals surface area (Å²) >= 11 is 0. The number of unbranched alkanes of at least 4 members (excludes halogenated alkanes) is 51. The molecule has 0 radical (unpaired) electrons. The van der Waals surface area contributed by atoms with E-state index in [0.717, 1.165) is 44.9 Å². The first-order valence-corrected chi connectivity index (χ1v) is 42.4. The van der Waals surface area contributed by atoms with E-state index in [1.807, 2.05) is 0 Å². The highest BCUT2D eigenvalue weighted by Crippen LogP contribution is 2.34. The number of amides is 1. The van der Waals surface area contributed by atoms with E-state index in [9.17, 15) is 61.0 Å². The first-order valence-electron chi connectivity index (χ1n) is 42.4. The van der Waals surface area contributed by atoms with E-state index in [2.05, 4.69) is 31.3 Å². The van der Waals surface area contributed by atoms with Crippen LogP contribution in [-0.4, -0.2) is 193 Å². The number of aliphatic hydroxyl groups is 11. The molecule has 19 heteroatoms. The quantitative estimate of drug-likeness (QED) is 0.0199. The van der Waals surface area contributed by atoms with Gasteiger partial charge in [0.05, 0.1) is 38.6 Å². The maximum absolute atomic E-state index is 13.5. The number of aliphatic hydroxyl groups excluding tert-OH is 11. The van der Waals surface area contributed by atoms with Crippen molar-refractivity contribution in [3.05, 3.63) is 12.2 Å². The van der Waals surface area contributed by atoms with Crippen LogP contribution in [0, 0.1) is 0 Å². The average Bonchev–Trinajstić information content (AvgIpc) is 0.792. The van der Waals surface area contributed by atoms with Crippen LogP contribution < -0.4 is 5.32 Å². The highest BCUT2D eigenvalue weighted by Gasteiger charge is 2.54. The first-order chi connectivity index (χ1) is 49.3. The summed E-state index contributed by atoms with van der Waals surface area (Å²) in [7, 11) is 0. The lowest BCUT2D eigenvalue weighted by Crippen LogP contribution is -2.66. The fourth-order valence-corrected chi connectivity index (χ4v) is 14.8. The second kappa shape index (κ2) is 63.5. The van der Waals surface area contributed by atoms with Gasteiger partial charge in [-0.05, 0) is 38.5 Å². The number of ether oxygens (including phenoxy) is 6. The third kappa shape index (κ3) is 43.3. The van der Waals surface area contributed by atoms with Crippen LogP contribution in [0.2, 0.25) is 0 Å². The maximum Gasteiger partial charge on any atom is 0.220 e. The topological polar surface area (TPSA) is 307 Å². The summed E-state index contributed by atoms with van der Waals surface area (Å²) in [5, 5.41) is 121. The number of allylic oxidation sites excluding steroid dienone is 2. The number of carbonyl (C=O) groups is 1. The zero-order valence-corrected chi connectivity index (χ0v) is 64.2. The van der Waals surface area contributed by atoms with E-state index in [-0.39, 0.29) is 18.9 Å². The molecule has 3 heterocycles. The third-order valence-electron chi connectivity index (χ3n) is 21.6. The van der Waals surface area contributed by atoms with Gasteiger partial charge in [0.2, 0.25) is 5.91 Å². The molecule has 598 valence electrons. The summed E-state index contributed by atoms with van der Waals surface area (Å²) in [5.41, 5.74) is 0. The van der Waals surface area contributed by atoms with Crippen LogP contribution >= 0.6 is 0 Å². The molecule has 3 saturated heterocycles. The minimum atomic E-state index is -1.97. The van der Waals surface area contributed by atoms with Gasteiger partial charge in [-0.1, -0.05) is 341 Å². The van der Waals surface area contributed by atoms with Crippen molar-refractivity contribution in [1.29, 1.82) is 0 Å². The highest BCUT2D eigenvalue weighted by atomic mass is 16.8. The molecule has 19 nitrogen and oxygen atoms in total. The molecule has 3 fully saturated rings. The minimum absolute atomic E-state index is 0.233. The van der Waals surface area contributed by atoms with Gasteiger partial charge in [-0.3, -0.25) is 4.79 Å².